The first-order chi connectivity index (χ1) is 11.0. The summed E-state index contributed by atoms with van der Waals surface area (Å²) in [6.07, 6.45) is 0. The molecule has 24 heavy (non-hydrogen) atoms. The molecule has 2 aromatic rings. The highest BCUT2D eigenvalue weighted by Gasteiger charge is 2.22. The van der Waals surface area contributed by atoms with E-state index in [1.807, 2.05) is 37.3 Å². The van der Waals surface area contributed by atoms with Crippen LogP contribution in [0.5, 0.6) is 11.5 Å². The molecule has 0 aliphatic heterocycles. The first-order valence-corrected chi connectivity index (χ1v) is 7.39. The number of hydrogen-bond acceptors (Lipinski definition) is 4. The molecule has 1 amide bonds. The molecular weight excluding hydrogens is 328 g/mol. The SMILES string of the molecule is COc1cc(NC(=O)C(C)C(N)c2ccccc2)cc(OC)c1.Cl. The van der Waals surface area contributed by atoms with Crippen LogP contribution < -0.4 is 20.5 Å². The van der Waals surface area contributed by atoms with E-state index in [0.717, 1.165) is 5.56 Å². The summed E-state index contributed by atoms with van der Waals surface area (Å²) in [5.41, 5.74) is 7.73. The molecule has 2 atom stereocenters. The number of benzene rings is 2. The molecule has 2 aromatic carbocycles. The van der Waals surface area contributed by atoms with Gasteiger partial charge in [-0.05, 0) is 5.56 Å². The minimum absolute atomic E-state index is 0. The molecule has 5 nitrogen and oxygen atoms in total. The second kappa shape index (κ2) is 9.15. The van der Waals surface area contributed by atoms with Crippen LogP contribution in [0.4, 0.5) is 5.69 Å². The average molecular weight is 351 g/mol. The summed E-state index contributed by atoms with van der Waals surface area (Å²) in [5, 5.41) is 2.86. The molecule has 2 unspecified atom stereocenters. The second-order valence-electron chi connectivity index (χ2n) is 5.32. The number of hydrogen-bond donors (Lipinski definition) is 2. The van der Waals surface area contributed by atoms with E-state index in [0.29, 0.717) is 17.2 Å². The van der Waals surface area contributed by atoms with E-state index in [2.05, 4.69) is 5.32 Å². The Hall–Kier alpha value is -2.24. The number of amides is 1. The minimum atomic E-state index is -0.380. The Morgan fingerprint density at radius 1 is 1.04 bits per heavy atom. The summed E-state index contributed by atoms with van der Waals surface area (Å²) < 4.78 is 10.4. The number of ether oxygens (including phenoxy) is 2. The van der Waals surface area contributed by atoms with Crippen LogP contribution in [0, 0.1) is 5.92 Å². The summed E-state index contributed by atoms with van der Waals surface area (Å²) in [6.45, 7) is 1.81. The monoisotopic (exact) mass is 350 g/mol. The molecule has 0 heterocycles. The maximum atomic E-state index is 12.5. The highest BCUT2D eigenvalue weighted by molar-refractivity contribution is 5.93. The van der Waals surface area contributed by atoms with Crippen molar-refractivity contribution in [1.29, 1.82) is 0 Å². The topological polar surface area (TPSA) is 73.6 Å². The predicted octanol–water partition coefficient (Wildman–Crippen LogP) is 3.40. The van der Waals surface area contributed by atoms with Crippen LogP contribution in [0.3, 0.4) is 0 Å². The molecule has 0 spiro atoms. The van der Waals surface area contributed by atoms with Crippen LogP contribution >= 0.6 is 12.4 Å². The molecule has 0 bridgehead atoms. The maximum Gasteiger partial charge on any atom is 0.229 e. The van der Waals surface area contributed by atoms with Crippen molar-refractivity contribution in [3.63, 3.8) is 0 Å². The Morgan fingerprint density at radius 3 is 2.08 bits per heavy atom. The van der Waals surface area contributed by atoms with E-state index < -0.39 is 0 Å². The number of halogens is 1. The van der Waals surface area contributed by atoms with Gasteiger partial charge in [0.25, 0.3) is 0 Å². The fourth-order valence-corrected chi connectivity index (χ4v) is 2.26. The molecule has 0 saturated carbocycles. The van der Waals surface area contributed by atoms with Crippen molar-refractivity contribution < 1.29 is 14.3 Å². The fourth-order valence-electron chi connectivity index (χ4n) is 2.26. The summed E-state index contributed by atoms with van der Waals surface area (Å²) in [6, 6.07) is 14.4. The van der Waals surface area contributed by atoms with E-state index >= 15 is 0 Å². The number of anilines is 1. The van der Waals surface area contributed by atoms with Crippen LogP contribution in [0.25, 0.3) is 0 Å². The van der Waals surface area contributed by atoms with Gasteiger partial charge < -0.3 is 20.5 Å². The standard InChI is InChI=1S/C18H22N2O3.ClH/c1-12(17(19)13-7-5-4-6-8-13)18(21)20-14-9-15(22-2)11-16(10-14)23-3;/h4-12,17H,19H2,1-3H3,(H,20,21);1H. The van der Waals surface area contributed by atoms with E-state index in [4.69, 9.17) is 15.2 Å². The molecule has 2 rings (SSSR count). The number of nitrogens with two attached hydrogens (primary N) is 1. The first kappa shape index (κ1) is 19.8. The van der Waals surface area contributed by atoms with Gasteiger partial charge in [-0.2, -0.15) is 0 Å². The summed E-state index contributed by atoms with van der Waals surface area (Å²) >= 11 is 0. The fraction of sp³-hybridized carbons (Fsp3) is 0.278. The molecule has 0 aliphatic rings. The van der Waals surface area contributed by atoms with Gasteiger partial charge >= 0.3 is 0 Å². The zero-order valence-electron chi connectivity index (χ0n) is 14.0. The van der Waals surface area contributed by atoms with Gasteiger partial charge in [-0.15, -0.1) is 12.4 Å². The Labute approximate surface area is 148 Å². The van der Waals surface area contributed by atoms with Gasteiger partial charge in [-0.25, -0.2) is 0 Å². The third-order valence-electron chi connectivity index (χ3n) is 3.76. The zero-order valence-corrected chi connectivity index (χ0v) is 14.8. The quantitative estimate of drug-likeness (QED) is 0.837. The van der Waals surface area contributed by atoms with Crippen molar-refractivity contribution in [3.05, 3.63) is 54.1 Å². The summed E-state index contributed by atoms with van der Waals surface area (Å²) in [4.78, 5) is 12.5. The number of carbonyl (C=O) groups is 1. The number of nitrogens with one attached hydrogen (secondary N) is 1. The van der Waals surface area contributed by atoms with Crippen LogP contribution in [-0.4, -0.2) is 20.1 Å². The van der Waals surface area contributed by atoms with Gasteiger partial charge in [0, 0.05) is 29.9 Å². The van der Waals surface area contributed by atoms with E-state index in [9.17, 15) is 4.79 Å². The Kier molecular flexibility index (Phi) is 7.55. The van der Waals surface area contributed by atoms with E-state index in [1.165, 1.54) is 0 Å². The molecular formula is C18H23ClN2O3. The van der Waals surface area contributed by atoms with Crippen molar-refractivity contribution in [2.45, 2.75) is 13.0 Å². The third kappa shape index (κ3) is 4.88. The van der Waals surface area contributed by atoms with Crippen LogP contribution in [0.2, 0.25) is 0 Å². The van der Waals surface area contributed by atoms with Crippen molar-refractivity contribution in [1.82, 2.24) is 0 Å². The number of carbonyl (C=O) groups excluding carboxylic acids is 1. The molecule has 0 aromatic heterocycles. The summed E-state index contributed by atoms with van der Waals surface area (Å²) in [7, 11) is 3.13. The second-order valence-corrected chi connectivity index (χ2v) is 5.32. The van der Waals surface area contributed by atoms with Crippen molar-refractivity contribution in [3.8, 4) is 11.5 Å². The molecule has 0 saturated heterocycles. The van der Waals surface area contributed by atoms with Gasteiger partial charge in [0.1, 0.15) is 11.5 Å². The Morgan fingerprint density at radius 2 is 1.58 bits per heavy atom. The van der Waals surface area contributed by atoms with Gasteiger partial charge in [-0.3, -0.25) is 4.79 Å². The van der Waals surface area contributed by atoms with Crippen molar-refractivity contribution in [2.75, 3.05) is 19.5 Å². The van der Waals surface area contributed by atoms with E-state index in [1.54, 1.807) is 32.4 Å². The molecule has 0 aliphatic carbocycles. The first-order valence-electron chi connectivity index (χ1n) is 7.39. The van der Waals surface area contributed by atoms with Gasteiger partial charge in [0.15, 0.2) is 0 Å². The van der Waals surface area contributed by atoms with Gasteiger partial charge in [0.05, 0.1) is 20.1 Å². The van der Waals surface area contributed by atoms with Crippen molar-refractivity contribution in [2.24, 2.45) is 11.7 Å². The largest absolute Gasteiger partial charge is 0.497 e. The highest BCUT2D eigenvalue weighted by atomic mass is 35.5. The lowest BCUT2D eigenvalue weighted by molar-refractivity contribution is -0.120. The lowest BCUT2D eigenvalue weighted by Gasteiger charge is -2.20. The number of rotatable bonds is 6. The van der Waals surface area contributed by atoms with Crippen molar-refractivity contribution >= 4 is 24.0 Å². The Balaban J connectivity index is 0.00000288. The smallest absolute Gasteiger partial charge is 0.229 e. The minimum Gasteiger partial charge on any atom is -0.497 e. The van der Waals surface area contributed by atoms with Crippen LogP contribution in [0.15, 0.2) is 48.5 Å². The van der Waals surface area contributed by atoms with E-state index in [-0.39, 0.29) is 30.3 Å². The van der Waals surface area contributed by atoms with Crippen LogP contribution in [-0.2, 0) is 4.79 Å². The predicted molar refractivity (Wildman–Crippen MR) is 98.0 cm³/mol. The zero-order chi connectivity index (χ0) is 16.8. The third-order valence-corrected chi connectivity index (χ3v) is 3.76. The molecule has 6 heteroatoms. The normalized spacial score (nSPS) is 12.5. The lowest BCUT2D eigenvalue weighted by Crippen LogP contribution is -2.30. The molecule has 130 valence electrons. The summed E-state index contributed by atoms with van der Waals surface area (Å²) in [5.74, 6) is 0.686. The maximum absolute atomic E-state index is 12.5. The highest BCUT2D eigenvalue weighted by Crippen LogP contribution is 2.27. The Bertz CT molecular complexity index is 642. The van der Waals surface area contributed by atoms with Crippen LogP contribution in [0.1, 0.15) is 18.5 Å². The molecule has 3 N–H and O–H groups in total. The molecule has 0 fully saturated rings. The lowest BCUT2D eigenvalue weighted by atomic mass is 9.94. The van der Waals surface area contributed by atoms with Gasteiger partial charge in [-0.1, -0.05) is 37.3 Å². The van der Waals surface area contributed by atoms with Gasteiger partial charge in [0.2, 0.25) is 5.91 Å². The average Bonchev–Trinajstić information content (AvgIpc) is 2.60. The number of methoxy groups -OCH3 is 2. The molecule has 0 radical (unpaired) electrons.